The monoisotopic (exact) mass is 408 g/mol. The maximum atomic E-state index is 12.5. The number of hydrogen-bond donors (Lipinski definition) is 2. The number of carboxylic acids is 1. The number of amides is 1. The van der Waals surface area contributed by atoms with Crippen molar-refractivity contribution >= 4 is 31.0 Å². The Labute approximate surface area is 186 Å². The van der Waals surface area contributed by atoms with Crippen LogP contribution in [0.5, 0.6) is 5.75 Å². The van der Waals surface area contributed by atoms with E-state index in [9.17, 15) is 9.59 Å². The summed E-state index contributed by atoms with van der Waals surface area (Å²) < 4.78 is 6.74. The van der Waals surface area contributed by atoms with Crippen LogP contribution in [0.4, 0.5) is 0 Å². The first kappa shape index (κ1) is 25.3. The smallest absolute Gasteiger partial charge is 0.543 e. The summed E-state index contributed by atoms with van der Waals surface area (Å²) in [5, 5.41) is 12.9. The Kier molecular flexibility index (Phi) is 9.01. The molecular weight excluding hydrogens is 377 g/mol. The van der Waals surface area contributed by atoms with Crippen molar-refractivity contribution in [2.45, 2.75) is 58.2 Å². The van der Waals surface area contributed by atoms with Gasteiger partial charge < -0.3 is 14.8 Å². The normalized spacial score (nSPS) is 11.6. The Morgan fingerprint density at radius 3 is 2.10 bits per heavy atom. The van der Waals surface area contributed by atoms with Gasteiger partial charge in [-0.2, -0.15) is 0 Å². The van der Waals surface area contributed by atoms with Crippen molar-refractivity contribution in [2.75, 3.05) is 6.54 Å². The van der Waals surface area contributed by atoms with Gasteiger partial charge in [0.2, 0.25) is 0 Å². The first-order valence-corrected chi connectivity index (χ1v) is 11.9. The van der Waals surface area contributed by atoms with E-state index in [0.29, 0.717) is 22.2 Å². The van der Waals surface area contributed by atoms with Gasteiger partial charge in [0.1, 0.15) is 12.3 Å². The molecule has 0 aliphatic heterocycles. The van der Waals surface area contributed by atoms with Crippen LogP contribution >= 0.6 is 0 Å². The van der Waals surface area contributed by atoms with Crippen LogP contribution in [-0.2, 0) is 4.79 Å². The summed E-state index contributed by atoms with van der Waals surface area (Å²) in [6.45, 7) is 13.0. The number of nitrogens with one attached hydrogen (secondary N) is 1. The largest absolute Gasteiger partial charge is 1.00 e. The molecule has 0 radical (unpaired) electrons. The van der Waals surface area contributed by atoms with Crippen LogP contribution in [-0.4, -0.2) is 31.8 Å². The topological polar surface area (TPSA) is 75.6 Å². The summed E-state index contributed by atoms with van der Waals surface area (Å²) in [4.78, 5) is 23.2. The average Bonchev–Trinajstić information content (AvgIpc) is 2.62. The number of benzene rings is 2. The number of carbonyl (C=O) groups is 2. The SMILES string of the molecule is CC(C)[Si](Oc1ccc2cccc(C(=O)NCC(=O)O)c2c1)(C(C)C)C(C)C.[Li+]. The zero-order valence-electron chi connectivity index (χ0n) is 18.6. The molecule has 0 aliphatic carbocycles. The van der Waals surface area contributed by atoms with E-state index in [0.717, 1.165) is 16.5 Å². The number of fused-ring (bicyclic) bond motifs is 1. The Hall–Kier alpha value is -1.75. The van der Waals surface area contributed by atoms with Gasteiger partial charge in [-0.25, -0.2) is 0 Å². The molecule has 2 aromatic rings. The molecule has 0 heterocycles. The fourth-order valence-corrected chi connectivity index (χ4v) is 9.56. The van der Waals surface area contributed by atoms with Crippen molar-refractivity contribution in [3.8, 4) is 5.75 Å². The number of hydrogen-bond acceptors (Lipinski definition) is 3. The Balaban J connectivity index is 0.00000420. The van der Waals surface area contributed by atoms with Gasteiger partial charge in [-0.3, -0.25) is 9.59 Å². The molecular formula is C22H31LiNO4Si+. The molecule has 2 aromatic carbocycles. The molecule has 29 heavy (non-hydrogen) atoms. The minimum atomic E-state index is -2.11. The zero-order valence-corrected chi connectivity index (χ0v) is 19.6. The molecule has 2 rings (SSSR count). The zero-order chi connectivity index (χ0) is 21.1. The van der Waals surface area contributed by atoms with Gasteiger partial charge in [-0.05, 0) is 45.6 Å². The summed E-state index contributed by atoms with van der Waals surface area (Å²) >= 11 is 0. The Morgan fingerprint density at radius 2 is 1.59 bits per heavy atom. The molecule has 0 unspecified atom stereocenters. The van der Waals surface area contributed by atoms with E-state index in [1.807, 2.05) is 24.3 Å². The third-order valence-electron chi connectivity index (χ3n) is 5.50. The van der Waals surface area contributed by atoms with E-state index in [4.69, 9.17) is 9.53 Å². The molecule has 5 nitrogen and oxygen atoms in total. The standard InChI is InChI=1S/C22H31NO4Si.Li/c1-14(2)28(15(3)4,16(5)6)27-18-11-10-17-8-7-9-19(20(17)12-18)22(26)23-13-21(24)25;/h7-12,14-16H,13H2,1-6H3,(H,23,26)(H,24,25);/q;+1. The van der Waals surface area contributed by atoms with Gasteiger partial charge in [-0.15, -0.1) is 0 Å². The van der Waals surface area contributed by atoms with Gasteiger partial charge in [0.05, 0.1) is 0 Å². The number of rotatable bonds is 8. The van der Waals surface area contributed by atoms with E-state index < -0.39 is 26.7 Å². The third-order valence-corrected chi connectivity index (χ3v) is 11.5. The molecule has 0 atom stereocenters. The quantitative estimate of drug-likeness (QED) is 0.657. The summed E-state index contributed by atoms with van der Waals surface area (Å²) in [5.41, 5.74) is 1.78. The van der Waals surface area contributed by atoms with Crippen LogP contribution < -0.4 is 28.6 Å². The summed E-state index contributed by atoms with van der Waals surface area (Å²) in [6, 6.07) is 11.3. The first-order valence-electron chi connectivity index (χ1n) is 9.81. The van der Waals surface area contributed by atoms with E-state index in [-0.39, 0.29) is 18.9 Å². The first-order chi connectivity index (χ1) is 13.1. The maximum Gasteiger partial charge on any atom is 1.00 e. The predicted molar refractivity (Wildman–Crippen MR) is 116 cm³/mol. The van der Waals surface area contributed by atoms with E-state index >= 15 is 0 Å². The number of aliphatic carboxylic acids is 1. The van der Waals surface area contributed by atoms with Gasteiger partial charge in [0, 0.05) is 5.56 Å². The van der Waals surface area contributed by atoms with Crippen LogP contribution in [0.25, 0.3) is 10.8 Å². The van der Waals surface area contributed by atoms with Crippen molar-refractivity contribution in [3.05, 3.63) is 42.0 Å². The molecule has 0 saturated carbocycles. The van der Waals surface area contributed by atoms with Crippen molar-refractivity contribution in [3.63, 3.8) is 0 Å². The van der Waals surface area contributed by atoms with Crippen LogP contribution in [0.1, 0.15) is 51.9 Å². The van der Waals surface area contributed by atoms with Gasteiger partial charge >= 0.3 is 24.8 Å². The maximum absolute atomic E-state index is 12.5. The molecule has 0 saturated heterocycles. The number of carbonyl (C=O) groups excluding carboxylic acids is 1. The molecule has 7 heteroatoms. The molecule has 0 fully saturated rings. The van der Waals surface area contributed by atoms with Crippen molar-refractivity contribution < 1.29 is 38.0 Å². The third kappa shape index (κ3) is 5.45. The van der Waals surface area contributed by atoms with E-state index in [2.05, 4.69) is 46.9 Å². The number of carboxylic acid groups (broad SMARTS) is 1. The van der Waals surface area contributed by atoms with Gasteiger partial charge in [0.15, 0.2) is 0 Å². The fraction of sp³-hybridized carbons (Fsp3) is 0.455. The minimum absolute atomic E-state index is 0. The van der Waals surface area contributed by atoms with Crippen LogP contribution in [0, 0.1) is 0 Å². The molecule has 152 valence electrons. The fourth-order valence-electron chi connectivity index (χ4n) is 4.32. The van der Waals surface area contributed by atoms with E-state index in [1.54, 1.807) is 12.1 Å². The van der Waals surface area contributed by atoms with Gasteiger partial charge in [-0.1, -0.05) is 59.7 Å². The molecule has 0 aliphatic rings. The van der Waals surface area contributed by atoms with Crippen molar-refractivity contribution in [1.29, 1.82) is 0 Å². The molecule has 0 spiro atoms. The second-order valence-electron chi connectivity index (χ2n) is 8.18. The van der Waals surface area contributed by atoms with Gasteiger partial charge in [0.25, 0.3) is 14.2 Å². The van der Waals surface area contributed by atoms with Crippen molar-refractivity contribution in [2.24, 2.45) is 0 Å². The second kappa shape index (κ2) is 10.3. The summed E-state index contributed by atoms with van der Waals surface area (Å²) in [7, 11) is -2.11. The summed E-state index contributed by atoms with van der Waals surface area (Å²) in [6.07, 6.45) is 0. The van der Waals surface area contributed by atoms with Crippen LogP contribution in [0.15, 0.2) is 36.4 Å². The molecule has 0 aromatic heterocycles. The summed E-state index contributed by atoms with van der Waals surface area (Å²) in [5.74, 6) is -0.696. The Bertz CT molecular complexity index is 845. The molecule has 1 amide bonds. The van der Waals surface area contributed by atoms with E-state index in [1.165, 1.54) is 0 Å². The minimum Gasteiger partial charge on any atom is -0.543 e. The average molecular weight is 409 g/mol. The second-order valence-corrected chi connectivity index (χ2v) is 13.6. The van der Waals surface area contributed by atoms with Crippen molar-refractivity contribution in [1.82, 2.24) is 5.32 Å². The molecule has 2 N–H and O–H groups in total. The predicted octanol–water partition coefficient (Wildman–Crippen LogP) is 2.21. The molecule has 0 bridgehead atoms. The van der Waals surface area contributed by atoms with Crippen LogP contribution in [0.3, 0.4) is 0 Å². The van der Waals surface area contributed by atoms with Crippen LogP contribution in [0.2, 0.25) is 16.6 Å². The Morgan fingerprint density at radius 1 is 1.00 bits per heavy atom.